The van der Waals surface area contributed by atoms with Crippen molar-refractivity contribution in [2.24, 2.45) is 0 Å². The average Bonchev–Trinajstić information content (AvgIpc) is 3.06. The molecule has 1 aromatic heterocycles. The van der Waals surface area contributed by atoms with Gasteiger partial charge in [-0.05, 0) is 36.8 Å². The van der Waals surface area contributed by atoms with Gasteiger partial charge in [0.25, 0.3) is 0 Å². The van der Waals surface area contributed by atoms with Gasteiger partial charge in [-0.3, -0.25) is 14.4 Å². The highest BCUT2D eigenvalue weighted by atomic mass is 79.9. The van der Waals surface area contributed by atoms with Crippen molar-refractivity contribution in [3.05, 3.63) is 56.2 Å². The Hall–Kier alpha value is -1.99. The fourth-order valence-electron chi connectivity index (χ4n) is 2.40. The Morgan fingerprint density at radius 1 is 1.12 bits per heavy atom. The summed E-state index contributed by atoms with van der Waals surface area (Å²) in [7, 11) is 1.31. The van der Waals surface area contributed by atoms with E-state index in [1.807, 2.05) is 37.3 Å². The van der Waals surface area contributed by atoms with Crippen LogP contribution in [-0.4, -0.2) is 24.8 Å². The number of ether oxygens (including phenoxy) is 1. The number of esters is 1. The van der Waals surface area contributed by atoms with E-state index < -0.39 is 12.0 Å². The predicted octanol–water partition coefficient (Wildman–Crippen LogP) is 4.20. The summed E-state index contributed by atoms with van der Waals surface area (Å²) in [6, 6.07) is 10.5. The SMILES string of the molecule is COC(=O)CC(NC(=O)CCC(=O)c1ccc(C)s1)c1ccc(Br)cc1. The zero-order valence-corrected chi connectivity index (χ0v) is 17.0. The van der Waals surface area contributed by atoms with Gasteiger partial charge in [0.05, 0.1) is 24.4 Å². The van der Waals surface area contributed by atoms with Gasteiger partial charge in [-0.1, -0.05) is 28.1 Å². The highest BCUT2D eigenvalue weighted by Crippen LogP contribution is 2.21. The van der Waals surface area contributed by atoms with E-state index in [2.05, 4.69) is 21.2 Å². The first-order valence-electron chi connectivity index (χ1n) is 8.10. The van der Waals surface area contributed by atoms with Gasteiger partial charge in [0.15, 0.2) is 5.78 Å². The lowest BCUT2D eigenvalue weighted by Gasteiger charge is -2.18. The molecule has 1 N–H and O–H groups in total. The van der Waals surface area contributed by atoms with E-state index in [-0.39, 0.29) is 31.0 Å². The molecule has 1 amide bonds. The lowest BCUT2D eigenvalue weighted by Crippen LogP contribution is -2.30. The van der Waals surface area contributed by atoms with Crippen molar-refractivity contribution in [2.45, 2.75) is 32.2 Å². The number of halogens is 1. The van der Waals surface area contributed by atoms with Gasteiger partial charge >= 0.3 is 5.97 Å². The first-order valence-corrected chi connectivity index (χ1v) is 9.71. The number of amides is 1. The quantitative estimate of drug-likeness (QED) is 0.495. The summed E-state index contributed by atoms with van der Waals surface area (Å²) in [4.78, 5) is 37.8. The maximum absolute atomic E-state index is 12.3. The molecule has 1 unspecified atom stereocenters. The zero-order chi connectivity index (χ0) is 19.1. The molecule has 0 saturated heterocycles. The number of hydrogen-bond acceptors (Lipinski definition) is 5. The molecule has 0 aliphatic heterocycles. The average molecular weight is 438 g/mol. The molecule has 0 radical (unpaired) electrons. The molecular formula is C19H20BrNO4S. The van der Waals surface area contributed by atoms with E-state index in [1.165, 1.54) is 18.4 Å². The molecule has 1 heterocycles. The second-order valence-electron chi connectivity index (χ2n) is 5.79. The van der Waals surface area contributed by atoms with Gasteiger partial charge in [-0.25, -0.2) is 0 Å². The van der Waals surface area contributed by atoms with Gasteiger partial charge in [0.1, 0.15) is 0 Å². The zero-order valence-electron chi connectivity index (χ0n) is 14.6. The summed E-state index contributed by atoms with van der Waals surface area (Å²) in [5.41, 5.74) is 0.798. The second-order valence-corrected chi connectivity index (χ2v) is 7.99. The van der Waals surface area contributed by atoms with Crippen LogP contribution in [0.4, 0.5) is 0 Å². The number of carbonyl (C=O) groups is 3. The Bertz CT molecular complexity index is 785. The van der Waals surface area contributed by atoms with Crippen LogP contribution in [0.3, 0.4) is 0 Å². The molecule has 0 aliphatic rings. The van der Waals surface area contributed by atoms with Crippen LogP contribution in [0, 0.1) is 6.92 Å². The minimum Gasteiger partial charge on any atom is -0.469 e. The summed E-state index contributed by atoms with van der Waals surface area (Å²) < 4.78 is 5.62. The van der Waals surface area contributed by atoms with Crippen molar-refractivity contribution >= 4 is 44.9 Å². The standard InChI is InChI=1S/C19H20BrNO4S/c1-12-3-9-17(26-12)16(22)8-10-18(23)21-15(11-19(24)25-2)13-4-6-14(20)7-5-13/h3-7,9,15H,8,10-11H2,1-2H3,(H,21,23). The number of nitrogens with one attached hydrogen (secondary N) is 1. The molecule has 1 aromatic carbocycles. The molecule has 2 rings (SSSR count). The Labute approximate surface area is 164 Å². The fraction of sp³-hybridized carbons (Fsp3) is 0.316. The van der Waals surface area contributed by atoms with E-state index in [0.29, 0.717) is 4.88 Å². The van der Waals surface area contributed by atoms with Crippen LogP contribution in [0.1, 0.15) is 45.4 Å². The number of rotatable bonds is 8. The van der Waals surface area contributed by atoms with Crippen molar-refractivity contribution in [3.63, 3.8) is 0 Å². The normalized spacial score (nSPS) is 11.7. The largest absolute Gasteiger partial charge is 0.469 e. The van der Waals surface area contributed by atoms with Crippen LogP contribution in [0.5, 0.6) is 0 Å². The van der Waals surface area contributed by atoms with Crippen molar-refractivity contribution in [3.8, 4) is 0 Å². The summed E-state index contributed by atoms with van der Waals surface area (Å²) >= 11 is 4.78. The molecule has 0 spiro atoms. The molecule has 0 saturated carbocycles. The number of aryl methyl sites for hydroxylation is 1. The molecule has 138 valence electrons. The first kappa shape index (κ1) is 20.3. The number of hydrogen-bond donors (Lipinski definition) is 1. The first-order chi connectivity index (χ1) is 12.4. The molecule has 2 aromatic rings. The van der Waals surface area contributed by atoms with E-state index in [1.54, 1.807) is 6.07 Å². The number of benzene rings is 1. The minimum absolute atomic E-state index is 0.0297. The third-order valence-electron chi connectivity index (χ3n) is 3.80. The van der Waals surface area contributed by atoms with Crippen LogP contribution < -0.4 is 5.32 Å². The third kappa shape index (κ3) is 6.07. The molecular weight excluding hydrogens is 418 g/mol. The van der Waals surface area contributed by atoms with Crippen molar-refractivity contribution in [1.29, 1.82) is 0 Å². The van der Waals surface area contributed by atoms with Gasteiger partial charge < -0.3 is 10.1 Å². The number of Topliss-reactive ketones (excluding diaryl/α,β-unsaturated/α-hetero) is 1. The van der Waals surface area contributed by atoms with Gasteiger partial charge in [-0.2, -0.15) is 0 Å². The second kappa shape index (κ2) is 9.64. The van der Waals surface area contributed by atoms with E-state index in [9.17, 15) is 14.4 Å². The van der Waals surface area contributed by atoms with Crippen LogP contribution >= 0.6 is 27.3 Å². The minimum atomic E-state index is -0.498. The summed E-state index contributed by atoms with van der Waals surface area (Å²) in [5, 5.41) is 2.83. The van der Waals surface area contributed by atoms with Crippen molar-refractivity contribution < 1.29 is 19.1 Å². The third-order valence-corrected chi connectivity index (χ3v) is 5.37. The Kier molecular flexibility index (Phi) is 7.53. The van der Waals surface area contributed by atoms with Crippen molar-refractivity contribution in [2.75, 3.05) is 7.11 Å². The molecule has 7 heteroatoms. The Morgan fingerprint density at radius 2 is 1.81 bits per heavy atom. The van der Waals surface area contributed by atoms with Crippen LogP contribution in [0.15, 0.2) is 40.9 Å². The summed E-state index contributed by atoms with van der Waals surface area (Å²) in [6.07, 6.45) is 0.239. The van der Waals surface area contributed by atoms with Crippen LogP contribution in [0.25, 0.3) is 0 Å². The van der Waals surface area contributed by atoms with Crippen LogP contribution in [-0.2, 0) is 14.3 Å². The molecule has 5 nitrogen and oxygen atoms in total. The highest BCUT2D eigenvalue weighted by molar-refractivity contribution is 9.10. The number of methoxy groups -OCH3 is 1. The molecule has 0 bridgehead atoms. The molecule has 26 heavy (non-hydrogen) atoms. The van der Waals surface area contributed by atoms with E-state index >= 15 is 0 Å². The lowest BCUT2D eigenvalue weighted by molar-refractivity contribution is -0.141. The van der Waals surface area contributed by atoms with Gasteiger partial charge in [0, 0.05) is 22.2 Å². The fourth-order valence-corrected chi connectivity index (χ4v) is 3.50. The smallest absolute Gasteiger partial charge is 0.307 e. The Morgan fingerprint density at radius 3 is 2.38 bits per heavy atom. The number of ketones is 1. The molecule has 0 aliphatic carbocycles. The topological polar surface area (TPSA) is 72.5 Å². The lowest BCUT2D eigenvalue weighted by atomic mass is 10.0. The van der Waals surface area contributed by atoms with Gasteiger partial charge in [0.2, 0.25) is 5.91 Å². The van der Waals surface area contributed by atoms with E-state index in [0.717, 1.165) is 14.9 Å². The monoisotopic (exact) mass is 437 g/mol. The molecule has 1 atom stereocenters. The molecule has 0 fully saturated rings. The van der Waals surface area contributed by atoms with Crippen molar-refractivity contribution in [1.82, 2.24) is 5.32 Å². The maximum Gasteiger partial charge on any atom is 0.307 e. The maximum atomic E-state index is 12.3. The number of carbonyl (C=O) groups excluding carboxylic acids is 3. The highest BCUT2D eigenvalue weighted by Gasteiger charge is 2.20. The number of thiophene rings is 1. The predicted molar refractivity (Wildman–Crippen MR) is 104 cm³/mol. The summed E-state index contributed by atoms with van der Waals surface area (Å²) in [5.74, 6) is -0.738. The van der Waals surface area contributed by atoms with Crippen LogP contribution in [0.2, 0.25) is 0 Å². The summed E-state index contributed by atoms with van der Waals surface area (Å²) in [6.45, 7) is 1.93. The van der Waals surface area contributed by atoms with E-state index in [4.69, 9.17) is 4.74 Å². The van der Waals surface area contributed by atoms with Gasteiger partial charge in [-0.15, -0.1) is 11.3 Å². The Balaban J connectivity index is 1.97.